The monoisotopic (exact) mass is 397 g/mol. The lowest BCUT2D eigenvalue weighted by atomic mass is 10.2. The summed E-state index contributed by atoms with van der Waals surface area (Å²) in [7, 11) is 3.34. The molecule has 0 aliphatic carbocycles. The van der Waals surface area contributed by atoms with Crippen LogP contribution < -0.4 is 9.47 Å². The molecule has 2 aromatic carbocycles. The molecule has 0 radical (unpaired) electrons. The number of benzene rings is 2. The highest BCUT2D eigenvalue weighted by Gasteiger charge is 2.13. The predicted molar refractivity (Wildman–Crippen MR) is 94.1 cm³/mol. The highest BCUT2D eigenvalue weighted by atomic mass is 79.9. The molecule has 23 heavy (non-hydrogen) atoms. The van der Waals surface area contributed by atoms with Crippen molar-refractivity contribution in [2.24, 2.45) is 0 Å². The fraction of sp³-hybridized carbons (Fsp3) is 0.235. The van der Waals surface area contributed by atoms with E-state index in [0.29, 0.717) is 21.8 Å². The molecular formula is C17H17BrClNO3. The number of amides is 1. The Morgan fingerprint density at radius 1 is 1.22 bits per heavy atom. The van der Waals surface area contributed by atoms with Crippen LogP contribution in [0.15, 0.2) is 46.9 Å². The summed E-state index contributed by atoms with van der Waals surface area (Å²) in [5, 5.41) is 0.601. The molecule has 0 aliphatic rings. The zero-order valence-electron chi connectivity index (χ0n) is 12.9. The van der Waals surface area contributed by atoms with Crippen molar-refractivity contribution in [2.45, 2.75) is 6.54 Å². The van der Waals surface area contributed by atoms with Crippen molar-refractivity contribution < 1.29 is 14.3 Å². The van der Waals surface area contributed by atoms with Gasteiger partial charge in [-0.3, -0.25) is 4.79 Å². The van der Waals surface area contributed by atoms with Crippen LogP contribution >= 0.6 is 27.5 Å². The molecule has 4 nitrogen and oxygen atoms in total. The van der Waals surface area contributed by atoms with E-state index >= 15 is 0 Å². The summed E-state index contributed by atoms with van der Waals surface area (Å²) in [6.07, 6.45) is 0. The third-order valence-electron chi connectivity index (χ3n) is 3.27. The minimum atomic E-state index is -0.127. The second-order valence-corrected chi connectivity index (χ2v) is 6.22. The van der Waals surface area contributed by atoms with E-state index in [1.54, 1.807) is 37.3 Å². The Labute approximate surface area is 149 Å². The summed E-state index contributed by atoms with van der Waals surface area (Å²) < 4.78 is 11.5. The second kappa shape index (κ2) is 8.22. The van der Waals surface area contributed by atoms with Gasteiger partial charge in [-0.2, -0.15) is 0 Å². The fourth-order valence-corrected chi connectivity index (χ4v) is 2.82. The molecule has 122 valence electrons. The number of para-hydroxylation sites is 1. The predicted octanol–water partition coefficient (Wildman–Crippen LogP) is 4.15. The molecule has 0 spiro atoms. The minimum Gasteiger partial charge on any atom is -0.496 e. The van der Waals surface area contributed by atoms with Crippen LogP contribution in [0.2, 0.25) is 5.02 Å². The molecule has 6 heteroatoms. The topological polar surface area (TPSA) is 38.8 Å². The standard InChI is InChI=1S/C17H17BrClNO3/c1-20(10-12-5-3-4-6-15(12)22-2)17(21)11-23-16-8-7-13(19)9-14(16)18/h3-9H,10-11H2,1-2H3. The van der Waals surface area contributed by atoms with Gasteiger partial charge in [0.05, 0.1) is 11.6 Å². The first-order chi connectivity index (χ1) is 11.0. The Hall–Kier alpha value is -1.72. The molecule has 1 amide bonds. The van der Waals surface area contributed by atoms with Crippen LogP contribution in [0.5, 0.6) is 11.5 Å². The van der Waals surface area contributed by atoms with Crippen LogP contribution in [0.25, 0.3) is 0 Å². The van der Waals surface area contributed by atoms with Crippen LogP contribution in [-0.2, 0) is 11.3 Å². The van der Waals surface area contributed by atoms with Gasteiger partial charge in [-0.25, -0.2) is 0 Å². The van der Waals surface area contributed by atoms with Gasteiger partial charge in [0.2, 0.25) is 0 Å². The van der Waals surface area contributed by atoms with Crippen molar-refractivity contribution >= 4 is 33.4 Å². The Morgan fingerprint density at radius 2 is 1.96 bits per heavy atom. The van der Waals surface area contributed by atoms with Crippen LogP contribution in [0.1, 0.15) is 5.56 Å². The van der Waals surface area contributed by atoms with Gasteiger partial charge < -0.3 is 14.4 Å². The lowest BCUT2D eigenvalue weighted by molar-refractivity contribution is -0.132. The van der Waals surface area contributed by atoms with Crippen LogP contribution in [0, 0.1) is 0 Å². The zero-order valence-corrected chi connectivity index (χ0v) is 15.2. The summed E-state index contributed by atoms with van der Waals surface area (Å²) in [4.78, 5) is 13.8. The maximum atomic E-state index is 12.2. The highest BCUT2D eigenvalue weighted by Crippen LogP contribution is 2.28. The molecule has 0 aliphatic heterocycles. The lowest BCUT2D eigenvalue weighted by Crippen LogP contribution is -2.31. The fourth-order valence-electron chi connectivity index (χ4n) is 2.02. The van der Waals surface area contributed by atoms with Crippen LogP contribution in [-0.4, -0.2) is 31.6 Å². The number of likely N-dealkylation sites (N-methyl/N-ethyl adjacent to an activating group) is 1. The smallest absolute Gasteiger partial charge is 0.260 e. The number of hydrogen-bond donors (Lipinski definition) is 0. The van der Waals surface area contributed by atoms with Gasteiger partial charge >= 0.3 is 0 Å². The molecule has 0 unspecified atom stereocenters. The molecule has 0 saturated carbocycles. The van der Waals surface area contributed by atoms with Gasteiger partial charge in [0.15, 0.2) is 6.61 Å². The number of ether oxygens (including phenoxy) is 2. The normalized spacial score (nSPS) is 10.3. The van der Waals surface area contributed by atoms with E-state index in [0.717, 1.165) is 11.3 Å². The van der Waals surface area contributed by atoms with Gasteiger partial charge in [0.1, 0.15) is 11.5 Å². The van der Waals surface area contributed by atoms with Crippen molar-refractivity contribution in [2.75, 3.05) is 20.8 Å². The quantitative estimate of drug-likeness (QED) is 0.734. The molecule has 0 saturated heterocycles. The van der Waals surface area contributed by atoms with Crippen LogP contribution in [0.4, 0.5) is 0 Å². The largest absolute Gasteiger partial charge is 0.496 e. The van der Waals surface area contributed by atoms with Gasteiger partial charge in [-0.15, -0.1) is 0 Å². The summed E-state index contributed by atoms with van der Waals surface area (Å²) >= 11 is 9.23. The van der Waals surface area contributed by atoms with Gasteiger partial charge in [-0.1, -0.05) is 29.8 Å². The van der Waals surface area contributed by atoms with Crippen molar-refractivity contribution in [1.82, 2.24) is 4.90 Å². The average Bonchev–Trinajstić information content (AvgIpc) is 2.54. The maximum Gasteiger partial charge on any atom is 0.260 e. The van der Waals surface area contributed by atoms with Gasteiger partial charge in [0.25, 0.3) is 5.91 Å². The Balaban J connectivity index is 1.95. The average molecular weight is 399 g/mol. The number of halogens is 2. The number of carbonyl (C=O) groups excluding carboxylic acids is 1. The number of hydrogen-bond acceptors (Lipinski definition) is 3. The summed E-state index contributed by atoms with van der Waals surface area (Å²) in [5.74, 6) is 1.21. The second-order valence-electron chi connectivity index (χ2n) is 4.93. The molecule has 0 bridgehead atoms. The molecule has 0 atom stereocenters. The lowest BCUT2D eigenvalue weighted by Gasteiger charge is -2.19. The van der Waals surface area contributed by atoms with Crippen molar-refractivity contribution in [3.8, 4) is 11.5 Å². The van der Waals surface area contributed by atoms with E-state index in [1.165, 1.54) is 0 Å². The van der Waals surface area contributed by atoms with Crippen molar-refractivity contribution in [3.05, 3.63) is 57.5 Å². The van der Waals surface area contributed by atoms with E-state index in [2.05, 4.69) is 15.9 Å². The first-order valence-electron chi connectivity index (χ1n) is 6.95. The molecule has 0 aromatic heterocycles. The van der Waals surface area contributed by atoms with Crippen molar-refractivity contribution in [3.63, 3.8) is 0 Å². The third kappa shape index (κ3) is 4.88. The van der Waals surface area contributed by atoms with E-state index in [4.69, 9.17) is 21.1 Å². The Bertz CT molecular complexity index is 693. The highest BCUT2D eigenvalue weighted by molar-refractivity contribution is 9.10. The van der Waals surface area contributed by atoms with E-state index < -0.39 is 0 Å². The minimum absolute atomic E-state index is 0.0497. The van der Waals surface area contributed by atoms with Gasteiger partial charge in [-0.05, 0) is 40.2 Å². The molecule has 0 fully saturated rings. The summed E-state index contributed by atoms with van der Waals surface area (Å²) in [6.45, 7) is 0.403. The molecule has 0 heterocycles. The molecule has 2 aromatic rings. The molecule has 0 N–H and O–H groups in total. The number of carbonyl (C=O) groups is 1. The first-order valence-corrected chi connectivity index (χ1v) is 8.12. The number of nitrogens with zero attached hydrogens (tertiary/aromatic N) is 1. The van der Waals surface area contributed by atoms with Gasteiger partial charge in [0, 0.05) is 24.2 Å². The van der Waals surface area contributed by atoms with E-state index in [9.17, 15) is 4.79 Å². The summed E-state index contributed by atoms with van der Waals surface area (Å²) in [5.41, 5.74) is 0.943. The van der Waals surface area contributed by atoms with Crippen molar-refractivity contribution in [1.29, 1.82) is 0 Å². The van der Waals surface area contributed by atoms with E-state index in [1.807, 2.05) is 24.3 Å². The SMILES string of the molecule is COc1ccccc1CN(C)C(=O)COc1ccc(Cl)cc1Br. The molecule has 2 rings (SSSR count). The summed E-state index contributed by atoms with van der Waals surface area (Å²) in [6, 6.07) is 12.8. The third-order valence-corrected chi connectivity index (χ3v) is 4.13. The van der Waals surface area contributed by atoms with E-state index in [-0.39, 0.29) is 12.5 Å². The molecular weight excluding hydrogens is 382 g/mol. The number of rotatable bonds is 6. The zero-order chi connectivity index (χ0) is 16.8. The maximum absolute atomic E-state index is 12.2. The number of methoxy groups -OCH3 is 1. The Kier molecular flexibility index (Phi) is 6.30. The Morgan fingerprint density at radius 3 is 2.65 bits per heavy atom. The van der Waals surface area contributed by atoms with Crippen LogP contribution in [0.3, 0.4) is 0 Å². The first kappa shape index (κ1) is 17.6.